The van der Waals surface area contributed by atoms with E-state index in [0.29, 0.717) is 30.2 Å². The summed E-state index contributed by atoms with van der Waals surface area (Å²) in [5.41, 5.74) is 4.74. The fraction of sp³-hybridized carbons (Fsp3) is 0.241. The van der Waals surface area contributed by atoms with Crippen LogP contribution in [0.1, 0.15) is 28.4 Å². The molecule has 8 heteroatoms. The van der Waals surface area contributed by atoms with E-state index in [4.69, 9.17) is 14.2 Å². The van der Waals surface area contributed by atoms with Gasteiger partial charge in [-0.15, -0.1) is 0 Å². The van der Waals surface area contributed by atoms with Gasteiger partial charge < -0.3 is 29.0 Å². The van der Waals surface area contributed by atoms with Crippen LogP contribution in [0.5, 0.6) is 17.2 Å². The number of H-pyrrole nitrogens is 1. The number of aromatic nitrogens is 1. The van der Waals surface area contributed by atoms with Gasteiger partial charge in [0.25, 0.3) is 0 Å². The van der Waals surface area contributed by atoms with Gasteiger partial charge in [0.2, 0.25) is 18.6 Å². The zero-order chi connectivity index (χ0) is 25.1. The van der Waals surface area contributed by atoms with Crippen molar-refractivity contribution in [3.63, 3.8) is 0 Å². The second-order valence-corrected chi connectivity index (χ2v) is 9.61. The summed E-state index contributed by atoms with van der Waals surface area (Å²) in [5.74, 6) is 1.88. The third-order valence-electron chi connectivity index (χ3n) is 7.59. The van der Waals surface area contributed by atoms with Crippen LogP contribution in [0.4, 0.5) is 0 Å². The highest BCUT2D eigenvalue weighted by Crippen LogP contribution is 2.45. The largest absolute Gasteiger partial charge is 0.496 e. The topological polar surface area (TPSA) is 84.1 Å². The van der Waals surface area contributed by atoms with Crippen LogP contribution in [-0.2, 0) is 22.6 Å². The number of hydrogen-bond acceptors (Lipinski definition) is 5. The minimum absolute atomic E-state index is 0.00495. The van der Waals surface area contributed by atoms with Gasteiger partial charge in [0.15, 0.2) is 11.5 Å². The van der Waals surface area contributed by atoms with E-state index in [9.17, 15) is 9.59 Å². The fourth-order valence-corrected chi connectivity index (χ4v) is 5.93. The Hall–Kier alpha value is -4.46. The maximum Gasteiger partial charge on any atom is 0.246 e. The van der Waals surface area contributed by atoms with Crippen molar-refractivity contribution in [1.82, 2.24) is 14.8 Å². The number of nitrogens with one attached hydrogen (secondary N) is 1. The van der Waals surface area contributed by atoms with Crippen LogP contribution in [0.15, 0.2) is 66.7 Å². The van der Waals surface area contributed by atoms with Crippen molar-refractivity contribution >= 4 is 22.7 Å². The van der Waals surface area contributed by atoms with Crippen molar-refractivity contribution < 1.29 is 23.8 Å². The maximum absolute atomic E-state index is 14.0. The molecule has 4 heterocycles. The van der Waals surface area contributed by atoms with Gasteiger partial charge in [-0.05, 0) is 35.4 Å². The van der Waals surface area contributed by atoms with E-state index in [2.05, 4.69) is 11.1 Å². The number of rotatable bonds is 4. The summed E-state index contributed by atoms with van der Waals surface area (Å²) in [6, 6.07) is 20.4. The summed E-state index contributed by atoms with van der Waals surface area (Å²) < 4.78 is 16.6. The number of carbonyl (C=O) groups excluding carboxylic acids is 2. The second kappa shape index (κ2) is 8.30. The molecular weight excluding hydrogens is 470 g/mol. The van der Waals surface area contributed by atoms with Crippen molar-refractivity contribution in [3.05, 3.63) is 89.1 Å². The molecular formula is C29H25N3O5. The van der Waals surface area contributed by atoms with Crippen molar-refractivity contribution in [3.8, 4) is 17.2 Å². The molecule has 2 unspecified atom stereocenters. The number of hydrogen-bond donors (Lipinski definition) is 1. The summed E-state index contributed by atoms with van der Waals surface area (Å²) in [6.07, 6.45) is 0.452. The van der Waals surface area contributed by atoms with Gasteiger partial charge in [0, 0.05) is 35.1 Å². The van der Waals surface area contributed by atoms with Crippen LogP contribution in [-0.4, -0.2) is 53.1 Å². The minimum Gasteiger partial charge on any atom is -0.496 e. The first-order valence-electron chi connectivity index (χ1n) is 12.3. The van der Waals surface area contributed by atoms with Crippen LogP contribution < -0.4 is 14.2 Å². The lowest BCUT2D eigenvalue weighted by molar-refractivity contribution is -0.159. The smallest absolute Gasteiger partial charge is 0.246 e. The number of nitrogens with zero attached hydrogens (tertiary/aromatic N) is 2. The van der Waals surface area contributed by atoms with Gasteiger partial charge >= 0.3 is 0 Å². The van der Waals surface area contributed by atoms with Crippen LogP contribution in [0.25, 0.3) is 10.9 Å². The average molecular weight is 496 g/mol. The van der Waals surface area contributed by atoms with Crippen molar-refractivity contribution in [2.75, 3.05) is 20.4 Å². The van der Waals surface area contributed by atoms with Crippen molar-refractivity contribution in [2.45, 2.75) is 25.0 Å². The number of amides is 2. The Balaban J connectivity index is 1.31. The lowest BCUT2D eigenvalue weighted by Crippen LogP contribution is -2.62. The van der Waals surface area contributed by atoms with Gasteiger partial charge in [-0.25, -0.2) is 0 Å². The third-order valence-corrected chi connectivity index (χ3v) is 7.59. The number of ether oxygens (including phenoxy) is 3. The number of piperazine rings is 1. The van der Waals surface area contributed by atoms with Gasteiger partial charge in [0.05, 0.1) is 7.11 Å². The Morgan fingerprint density at radius 2 is 1.81 bits per heavy atom. The molecule has 0 radical (unpaired) electrons. The van der Waals surface area contributed by atoms with Gasteiger partial charge in [-0.1, -0.05) is 42.5 Å². The molecule has 2 atom stereocenters. The standard InChI is InChI=1S/C29H25N3O5/c1-35-23-9-5-3-7-19(23)28-27-20(18-6-2-4-8-21(18)30-27)13-22-29(34)31(15-26(33)32(22)28)14-17-10-11-24-25(12-17)37-16-36-24/h2-12,22,28,30H,13-16H2,1H3. The molecule has 7 rings (SSSR count). The summed E-state index contributed by atoms with van der Waals surface area (Å²) in [4.78, 5) is 34.8. The van der Waals surface area contributed by atoms with E-state index in [1.807, 2.05) is 60.7 Å². The molecule has 186 valence electrons. The number of fused-ring (bicyclic) bond motifs is 5. The molecule has 0 aliphatic carbocycles. The molecule has 1 fully saturated rings. The summed E-state index contributed by atoms with van der Waals surface area (Å²) in [5, 5.41) is 1.07. The maximum atomic E-state index is 14.0. The van der Waals surface area contributed by atoms with Crippen LogP contribution >= 0.6 is 0 Å². The third kappa shape index (κ3) is 3.36. The zero-order valence-corrected chi connectivity index (χ0v) is 20.3. The first-order valence-corrected chi connectivity index (χ1v) is 12.3. The normalized spacial score (nSPS) is 20.2. The van der Waals surface area contributed by atoms with Crippen LogP contribution in [0, 0.1) is 0 Å². The Labute approximate surface area is 213 Å². The van der Waals surface area contributed by atoms with Crippen molar-refractivity contribution in [2.24, 2.45) is 0 Å². The van der Waals surface area contributed by atoms with Crippen molar-refractivity contribution in [1.29, 1.82) is 0 Å². The number of benzene rings is 3. The minimum atomic E-state index is -0.614. The summed E-state index contributed by atoms with van der Waals surface area (Å²) in [7, 11) is 1.63. The number of para-hydroxylation sites is 2. The van der Waals surface area contributed by atoms with E-state index >= 15 is 0 Å². The van der Waals surface area contributed by atoms with Crippen LogP contribution in [0.3, 0.4) is 0 Å². The Morgan fingerprint density at radius 3 is 2.70 bits per heavy atom. The fourth-order valence-electron chi connectivity index (χ4n) is 5.93. The molecule has 0 spiro atoms. The van der Waals surface area contributed by atoms with E-state index < -0.39 is 12.1 Å². The highest BCUT2D eigenvalue weighted by atomic mass is 16.7. The van der Waals surface area contributed by atoms with Gasteiger partial charge in [-0.2, -0.15) is 0 Å². The Bertz CT molecular complexity index is 1560. The van der Waals surface area contributed by atoms with Crippen LogP contribution in [0.2, 0.25) is 0 Å². The van der Waals surface area contributed by atoms with E-state index in [0.717, 1.165) is 33.3 Å². The SMILES string of the molecule is COc1ccccc1C1c2[nH]c3ccccc3c2CC2C(=O)N(Cc3ccc4c(c3)OCO4)CC(=O)N21. The Morgan fingerprint density at radius 1 is 1.00 bits per heavy atom. The summed E-state index contributed by atoms with van der Waals surface area (Å²) >= 11 is 0. The second-order valence-electron chi connectivity index (χ2n) is 9.61. The first kappa shape index (κ1) is 21.8. The number of methoxy groups -OCH3 is 1. The molecule has 1 aromatic heterocycles. The lowest BCUT2D eigenvalue weighted by atomic mass is 9.85. The number of aromatic amines is 1. The van der Waals surface area contributed by atoms with E-state index in [1.165, 1.54) is 0 Å². The molecule has 0 saturated carbocycles. The molecule has 3 aromatic carbocycles. The highest BCUT2D eigenvalue weighted by molar-refractivity contribution is 5.97. The summed E-state index contributed by atoms with van der Waals surface area (Å²) in [6.45, 7) is 0.519. The molecule has 3 aliphatic rings. The predicted octanol–water partition coefficient (Wildman–Crippen LogP) is 3.79. The zero-order valence-electron chi connectivity index (χ0n) is 20.3. The van der Waals surface area contributed by atoms with E-state index in [-0.39, 0.29) is 25.2 Å². The molecule has 1 N–H and O–H groups in total. The predicted molar refractivity (Wildman–Crippen MR) is 135 cm³/mol. The molecule has 4 aromatic rings. The molecule has 37 heavy (non-hydrogen) atoms. The Kier molecular flexibility index (Phi) is 4.89. The quantitative estimate of drug-likeness (QED) is 0.466. The monoisotopic (exact) mass is 495 g/mol. The van der Waals surface area contributed by atoms with Gasteiger partial charge in [-0.3, -0.25) is 9.59 Å². The van der Waals surface area contributed by atoms with E-state index in [1.54, 1.807) is 16.9 Å². The van der Waals surface area contributed by atoms with Gasteiger partial charge in [0.1, 0.15) is 24.4 Å². The highest BCUT2D eigenvalue weighted by Gasteiger charge is 2.48. The number of carbonyl (C=O) groups is 2. The molecule has 3 aliphatic heterocycles. The first-order chi connectivity index (χ1) is 18.1. The molecule has 1 saturated heterocycles. The molecule has 0 bridgehead atoms. The average Bonchev–Trinajstić information content (AvgIpc) is 3.54. The lowest BCUT2D eigenvalue weighted by Gasteiger charge is -2.47. The molecule has 8 nitrogen and oxygen atoms in total. The molecule has 2 amide bonds.